The summed E-state index contributed by atoms with van der Waals surface area (Å²) in [4.78, 5) is 9.16. The Hall–Kier alpha value is -0.650. The largest absolute Gasteiger partial charge is 0.376 e. The van der Waals surface area contributed by atoms with Crippen LogP contribution in [0.4, 0.5) is 0 Å². The van der Waals surface area contributed by atoms with Gasteiger partial charge in [-0.3, -0.25) is 0 Å². The minimum atomic E-state index is 0.265. The smallest absolute Gasteiger partial charge is 0.160 e. The lowest BCUT2D eigenvalue weighted by Gasteiger charge is -2.23. The Morgan fingerprint density at radius 1 is 1.45 bits per heavy atom. The monoisotopic (exact) mass is 357 g/mol. The Balaban J connectivity index is 1.95. The van der Waals surface area contributed by atoms with Gasteiger partial charge in [0, 0.05) is 29.6 Å². The van der Waals surface area contributed by atoms with Crippen LogP contribution in [0, 0.1) is 0 Å². The third-order valence-corrected chi connectivity index (χ3v) is 4.23. The summed E-state index contributed by atoms with van der Waals surface area (Å²) in [5.74, 6) is 1.56. The molecule has 0 N–H and O–H groups in total. The lowest BCUT2D eigenvalue weighted by atomic mass is 10.1. The standard InChI is InChI=1S/C14H17BrClN3O/c15-10-7-12-14(17-8-10)19(13(18-12)4-5-16)9-11-3-1-2-6-20-11/h7-8,11H,1-6,9H2. The van der Waals surface area contributed by atoms with Crippen molar-refractivity contribution in [1.82, 2.24) is 14.5 Å². The molecule has 0 aliphatic carbocycles. The molecule has 1 aliphatic rings. The van der Waals surface area contributed by atoms with Crippen LogP contribution >= 0.6 is 27.5 Å². The molecular weight excluding hydrogens is 342 g/mol. The zero-order valence-electron chi connectivity index (χ0n) is 11.2. The van der Waals surface area contributed by atoms with Gasteiger partial charge in [-0.15, -0.1) is 11.6 Å². The molecule has 2 aromatic heterocycles. The zero-order chi connectivity index (χ0) is 13.9. The van der Waals surface area contributed by atoms with Crippen LogP contribution in [0.3, 0.4) is 0 Å². The molecule has 1 unspecified atom stereocenters. The fraction of sp³-hybridized carbons (Fsp3) is 0.571. The Labute approximate surface area is 131 Å². The van der Waals surface area contributed by atoms with E-state index in [-0.39, 0.29) is 6.10 Å². The van der Waals surface area contributed by atoms with Crippen LogP contribution in [-0.4, -0.2) is 33.1 Å². The second-order valence-electron chi connectivity index (χ2n) is 5.06. The van der Waals surface area contributed by atoms with Crippen molar-refractivity contribution in [2.75, 3.05) is 12.5 Å². The number of pyridine rings is 1. The van der Waals surface area contributed by atoms with E-state index >= 15 is 0 Å². The average molecular weight is 359 g/mol. The van der Waals surface area contributed by atoms with E-state index in [0.717, 1.165) is 47.5 Å². The number of fused-ring (bicyclic) bond motifs is 1. The Bertz CT molecular complexity index is 595. The molecule has 6 heteroatoms. The molecule has 3 heterocycles. The van der Waals surface area contributed by atoms with E-state index in [1.165, 1.54) is 12.8 Å². The summed E-state index contributed by atoms with van der Waals surface area (Å²) >= 11 is 9.34. The molecule has 3 rings (SSSR count). The first-order valence-electron chi connectivity index (χ1n) is 6.96. The van der Waals surface area contributed by atoms with Crippen LogP contribution in [0.15, 0.2) is 16.7 Å². The van der Waals surface area contributed by atoms with Crippen LogP contribution in [0.5, 0.6) is 0 Å². The Morgan fingerprint density at radius 2 is 2.35 bits per heavy atom. The van der Waals surface area contributed by atoms with Gasteiger partial charge in [0.1, 0.15) is 11.3 Å². The molecule has 108 valence electrons. The molecule has 0 radical (unpaired) electrons. The molecule has 0 amide bonds. The molecule has 1 saturated heterocycles. The highest BCUT2D eigenvalue weighted by Gasteiger charge is 2.19. The molecule has 0 saturated carbocycles. The topological polar surface area (TPSA) is 39.9 Å². The molecule has 4 nitrogen and oxygen atoms in total. The van der Waals surface area contributed by atoms with Crippen molar-refractivity contribution in [3.63, 3.8) is 0 Å². The first kappa shape index (κ1) is 14.3. The minimum absolute atomic E-state index is 0.265. The fourth-order valence-corrected chi connectivity index (χ4v) is 3.14. The van der Waals surface area contributed by atoms with Crippen molar-refractivity contribution in [3.8, 4) is 0 Å². The Morgan fingerprint density at radius 3 is 3.10 bits per heavy atom. The van der Waals surface area contributed by atoms with Crippen LogP contribution in [0.25, 0.3) is 11.2 Å². The number of alkyl halides is 1. The minimum Gasteiger partial charge on any atom is -0.376 e. The number of hydrogen-bond donors (Lipinski definition) is 0. The van der Waals surface area contributed by atoms with Crippen LogP contribution < -0.4 is 0 Å². The molecule has 0 aromatic carbocycles. The first-order valence-corrected chi connectivity index (χ1v) is 8.29. The van der Waals surface area contributed by atoms with Gasteiger partial charge in [-0.1, -0.05) is 0 Å². The predicted octanol–water partition coefficient (Wildman–Crippen LogP) is 3.54. The summed E-state index contributed by atoms with van der Waals surface area (Å²) in [6.45, 7) is 1.68. The molecule has 0 spiro atoms. The summed E-state index contributed by atoms with van der Waals surface area (Å²) in [6.07, 6.45) is 6.34. The number of ether oxygens (including phenoxy) is 1. The van der Waals surface area contributed by atoms with E-state index in [1.54, 1.807) is 0 Å². The van der Waals surface area contributed by atoms with Gasteiger partial charge < -0.3 is 9.30 Å². The quantitative estimate of drug-likeness (QED) is 0.785. The summed E-state index contributed by atoms with van der Waals surface area (Å²) < 4.78 is 8.95. The normalized spacial score (nSPS) is 19.6. The van der Waals surface area contributed by atoms with Crippen molar-refractivity contribution in [2.45, 2.75) is 38.3 Å². The lowest BCUT2D eigenvalue weighted by Crippen LogP contribution is -2.25. The summed E-state index contributed by atoms with van der Waals surface area (Å²) in [5.41, 5.74) is 1.83. The maximum Gasteiger partial charge on any atom is 0.160 e. The number of nitrogens with zero attached hydrogens (tertiary/aromatic N) is 3. The number of aromatic nitrogens is 3. The molecule has 2 aromatic rings. The highest BCUT2D eigenvalue weighted by molar-refractivity contribution is 9.10. The van der Waals surface area contributed by atoms with Crippen molar-refractivity contribution in [1.29, 1.82) is 0 Å². The van der Waals surface area contributed by atoms with Crippen LogP contribution in [-0.2, 0) is 17.7 Å². The first-order chi connectivity index (χ1) is 9.78. The SMILES string of the molecule is ClCCc1nc2cc(Br)cnc2n1CC1CCCCO1. The number of hydrogen-bond acceptors (Lipinski definition) is 3. The molecule has 1 fully saturated rings. The van der Waals surface area contributed by atoms with Gasteiger partial charge in [-0.25, -0.2) is 9.97 Å². The number of halogens is 2. The highest BCUT2D eigenvalue weighted by Crippen LogP contribution is 2.22. The van der Waals surface area contributed by atoms with Crippen molar-refractivity contribution in [3.05, 3.63) is 22.6 Å². The summed E-state index contributed by atoms with van der Waals surface area (Å²) in [5, 5.41) is 0. The lowest BCUT2D eigenvalue weighted by molar-refractivity contribution is 0.00613. The average Bonchev–Trinajstić information content (AvgIpc) is 2.77. The number of aryl methyl sites for hydroxylation is 1. The van der Waals surface area contributed by atoms with Crippen LogP contribution in [0.2, 0.25) is 0 Å². The molecule has 1 aliphatic heterocycles. The fourth-order valence-electron chi connectivity index (χ4n) is 2.66. The number of rotatable bonds is 4. The molecule has 20 heavy (non-hydrogen) atoms. The highest BCUT2D eigenvalue weighted by atomic mass is 79.9. The van der Waals surface area contributed by atoms with Crippen molar-refractivity contribution < 1.29 is 4.74 Å². The van der Waals surface area contributed by atoms with Crippen molar-refractivity contribution >= 4 is 38.7 Å². The maximum absolute atomic E-state index is 5.90. The van der Waals surface area contributed by atoms with E-state index in [2.05, 4.69) is 30.5 Å². The predicted molar refractivity (Wildman–Crippen MR) is 83.2 cm³/mol. The van der Waals surface area contributed by atoms with Gasteiger partial charge in [0.25, 0.3) is 0 Å². The van der Waals surface area contributed by atoms with Gasteiger partial charge in [-0.05, 0) is 41.3 Å². The molecular formula is C14H17BrClN3O. The van der Waals surface area contributed by atoms with E-state index in [9.17, 15) is 0 Å². The maximum atomic E-state index is 5.90. The molecule has 0 bridgehead atoms. The second-order valence-corrected chi connectivity index (χ2v) is 6.36. The zero-order valence-corrected chi connectivity index (χ0v) is 13.5. The van der Waals surface area contributed by atoms with Gasteiger partial charge in [0.05, 0.1) is 12.6 Å². The van der Waals surface area contributed by atoms with E-state index in [1.807, 2.05) is 12.3 Å². The second kappa shape index (κ2) is 6.41. The van der Waals surface area contributed by atoms with Gasteiger partial charge >= 0.3 is 0 Å². The number of imidazole rings is 1. The third-order valence-electron chi connectivity index (χ3n) is 3.61. The molecule has 1 atom stereocenters. The van der Waals surface area contributed by atoms with Crippen molar-refractivity contribution in [2.24, 2.45) is 0 Å². The summed E-state index contributed by atoms with van der Waals surface area (Å²) in [7, 11) is 0. The van der Waals surface area contributed by atoms with E-state index in [0.29, 0.717) is 5.88 Å². The van der Waals surface area contributed by atoms with E-state index < -0.39 is 0 Å². The summed E-state index contributed by atoms with van der Waals surface area (Å²) in [6, 6.07) is 2.00. The van der Waals surface area contributed by atoms with Gasteiger partial charge in [0.2, 0.25) is 0 Å². The third kappa shape index (κ3) is 3.00. The van der Waals surface area contributed by atoms with Crippen LogP contribution in [0.1, 0.15) is 25.1 Å². The Kier molecular flexibility index (Phi) is 4.58. The van der Waals surface area contributed by atoms with Gasteiger partial charge in [0.15, 0.2) is 5.65 Å². The van der Waals surface area contributed by atoms with Gasteiger partial charge in [-0.2, -0.15) is 0 Å². The van der Waals surface area contributed by atoms with E-state index in [4.69, 9.17) is 16.3 Å².